The van der Waals surface area contributed by atoms with Gasteiger partial charge in [-0.2, -0.15) is 0 Å². The maximum Gasteiger partial charge on any atom is 0.344 e. The minimum atomic E-state index is -0.361. The van der Waals surface area contributed by atoms with Crippen LogP contribution in [0, 0.1) is 12.8 Å². The van der Waals surface area contributed by atoms with Gasteiger partial charge in [0.05, 0.1) is 13.2 Å². The van der Waals surface area contributed by atoms with Gasteiger partial charge in [-0.3, -0.25) is 0 Å². The van der Waals surface area contributed by atoms with Crippen molar-refractivity contribution in [2.45, 2.75) is 50.3 Å². The van der Waals surface area contributed by atoms with Gasteiger partial charge in [-0.25, -0.2) is 4.79 Å². The molecule has 0 aliphatic rings. The molecule has 6 heteroatoms. The van der Waals surface area contributed by atoms with Crippen molar-refractivity contribution in [3.8, 4) is 11.5 Å². The normalized spacial score (nSPS) is 10.8. The number of hydrogen-bond acceptors (Lipinski definition) is 5. The Morgan fingerprint density at radius 3 is 2.45 bits per heavy atom. The molecule has 0 saturated heterocycles. The number of aryl methyl sites for hydroxylation is 1. The number of esters is 1. The largest absolute Gasteiger partial charge is 0.493 e. The fraction of sp³-hybridized carbons (Fsp3) is 0.435. The highest BCUT2D eigenvalue weighted by Gasteiger charge is 2.09. The first-order chi connectivity index (χ1) is 13.9. The molecule has 2 rings (SSSR count). The number of carbonyl (C=O) groups is 1. The maximum atomic E-state index is 11.5. The van der Waals surface area contributed by atoms with Crippen molar-refractivity contribution < 1.29 is 19.0 Å². The quantitative estimate of drug-likeness (QED) is 0.336. The summed E-state index contributed by atoms with van der Waals surface area (Å²) in [5, 5.41) is 0. The molecule has 29 heavy (non-hydrogen) atoms. The molecule has 2 aromatic rings. The van der Waals surface area contributed by atoms with E-state index in [1.807, 2.05) is 25.1 Å². The van der Waals surface area contributed by atoms with Crippen LogP contribution in [-0.2, 0) is 9.53 Å². The van der Waals surface area contributed by atoms with Crippen molar-refractivity contribution in [2.75, 3.05) is 19.8 Å². The summed E-state index contributed by atoms with van der Waals surface area (Å²) in [6.07, 6.45) is 2.24. The molecule has 158 valence electrons. The van der Waals surface area contributed by atoms with Crippen LogP contribution >= 0.6 is 27.7 Å². The van der Waals surface area contributed by atoms with Crippen molar-refractivity contribution >= 4 is 33.7 Å². The lowest BCUT2D eigenvalue weighted by atomic mass is 10.1. The molecule has 0 fully saturated rings. The van der Waals surface area contributed by atoms with E-state index >= 15 is 0 Å². The fourth-order valence-corrected chi connectivity index (χ4v) is 4.37. The zero-order chi connectivity index (χ0) is 21.2. The summed E-state index contributed by atoms with van der Waals surface area (Å²) in [5.74, 6) is 1.78. The molecule has 0 aliphatic heterocycles. The Hall–Kier alpha value is -1.66. The lowest BCUT2D eigenvalue weighted by Crippen LogP contribution is -2.14. The zero-order valence-electron chi connectivity index (χ0n) is 17.5. The molecule has 0 N–H and O–H groups in total. The van der Waals surface area contributed by atoms with E-state index in [0.29, 0.717) is 18.3 Å². The van der Waals surface area contributed by atoms with E-state index < -0.39 is 0 Å². The summed E-state index contributed by atoms with van der Waals surface area (Å²) in [7, 11) is 0. The second-order valence-corrected chi connectivity index (χ2v) is 8.80. The summed E-state index contributed by atoms with van der Waals surface area (Å²) in [5.41, 5.74) is 0.972. The predicted octanol–water partition coefficient (Wildman–Crippen LogP) is 6.67. The van der Waals surface area contributed by atoms with E-state index in [1.54, 1.807) is 18.7 Å². The highest BCUT2D eigenvalue weighted by Crippen LogP contribution is 2.35. The van der Waals surface area contributed by atoms with Gasteiger partial charge in [0.2, 0.25) is 0 Å². The lowest BCUT2D eigenvalue weighted by Gasteiger charge is -2.15. The van der Waals surface area contributed by atoms with E-state index in [1.165, 1.54) is 0 Å². The minimum Gasteiger partial charge on any atom is -0.493 e. The van der Waals surface area contributed by atoms with E-state index in [4.69, 9.17) is 14.2 Å². The molecule has 0 saturated carbocycles. The van der Waals surface area contributed by atoms with Gasteiger partial charge in [0.1, 0.15) is 11.5 Å². The van der Waals surface area contributed by atoms with Gasteiger partial charge in [-0.05, 0) is 61.7 Å². The monoisotopic (exact) mass is 480 g/mol. The van der Waals surface area contributed by atoms with Crippen LogP contribution in [0.15, 0.2) is 50.7 Å². The van der Waals surface area contributed by atoms with Gasteiger partial charge in [-0.1, -0.05) is 54.4 Å². The third kappa shape index (κ3) is 7.94. The summed E-state index contributed by atoms with van der Waals surface area (Å²) in [6.45, 7) is 9.15. The summed E-state index contributed by atoms with van der Waals surface area (Å²) in [4.78, 5) is 13.7. The Balaban J connectivity index is 2.03. The molecule has 4 nitrogen and oxygen atoms in total. The van der Waals surface area contributed by atoms with Crippen LogP contribution in [0.5, 0.6) is 11.5 Å². The van der Waals surface area contributed by atoms with Crippen LogP contribution in [-0.4, -0.2) is 25.8 Å². The molecular formula is C23H29BrO4S. The second kappa shape index (κ2) is 12.1. The first kappa shape index (κ1) is 23.6. The average molecular weight is 481 g/mol. The lowest BCUT2D eigenvalue weighted by molar-refractivity contribution is -0.145. The number of carbonyl (C=O) groups excluding carboxylic acids is 1. The Labute approximate surface area is 186 Å². The molecule has 0 radical (unpaired) electrons. The molecule has 0 heterocycles. The highest BCUT2D eigenvalue weighted by atomic mass is 79.9. The van der Waals surface area contributed by atoms with Gasteiger partial charge in [0.25, 0.3) is 0 Å². The molecule has 0 unspecified atom stereocenters. The maximum absolute atomic E-state index is 11.5. The topological polar surface area (TPSA) is 44.8 Å². The van der Waals surface area contributed by atoms with Crippen LogP contribution in [0.2, 0.25) is 0 Å². The molecule has 0 aromatic heterocycles. The van der Waals surface area contributed by atoms with Crippen LogP contribution in [0.1, 0.15) is 39.2 Å². The number of halogens is 1. The smallest absolute Gasteiger partial charge is 0.344 e. The average Bonchev–Trinajstić information content (AvgIpc) is 2.68. The standard InChI is InChI=1S/C23H29BrO4S/c1-5-17(6-2)14-27-19-11-18(24)12-21(13-19)29-20-8-9-22(16(4)10-20)28-15-23(25)26-7-3/h8-13,17H,5-7,14-15H2,1-4H3. The Kier molecular flexibility index (Phi) is 9.88. The summed E-state index contributed by atoms with van der Waals surface area (Å²) < 4.78 is 17.5. The van der Waals surface area contributed by atoms with Gasteiger partial charge in [0.15, 0.2) is 6.61 Å². The van der Waals surface area contributed by atoms with Crippen LogP contribution in [0.25, 0.3) is 0 Å². The molecule has 0 spiro atoms. The summed E-state index contributed by atoms with van der Waals surface area (Å²) >= 11 is 5.24. The molecular weight excluding hydrogens is 452 g/mol. The van der Waals surface area contributed by atoms with Gasteiger partial charge < -0.3 is 14.2 Å². The third-order valence-corrected chi connectivity index (χ3v) is 5.94. The molecule has 2 aromatic carbocycles. The van der Waals surface area contributed by atoms with Crippen LogP contribution in [0.3, 0.4) is 0 Å². The SMILES string of the molecule is CCOC(=O)COc1ccc(Sc2cc(Br)cc(OCC(CC)CC)c2)cc1C. The molecule has 0 bridgehead atoms. The third-order valence-electron chi connectivity index (χ3n) is 4.52. The second-order valence-electron chi connectivity index (χ2n) is 6.74. The van der Waals surface area contributed by atoms with Gasteiger partial charge in [-0.15, -0.1) is 0 Å². The van der Waals surface area contributed by atoms with Crippen molar-refractivity contribution in [1.82, 2.24) is 0 Å². The Morgan fingerprint density at radius 1 is 1.03 bits per heavy atom. The van der Waals surface area contributed by atoms with Crippen molar-refractivity contribution in [2.24, 2.45) is 5.92 Å². The number of benzene rings is 2. The first-order valence-electron chi connectivity index (χ1n) is 9.95. The number of ether oxygens (including phenoxy) is 3. The van der Waals surface area contributed by atoms with E-state index in [9.17, 15) is 4.79 Å². The van der Waals surface area contributed by atoms with Crippen molar-refractivity contribution in [3.63, 3.8) is 0 Å². The molecule has 0 aliphatic carbocycles. The van der Waals surface area contributed by atoms with Crippen LogP contribution < -0.4 is 9.47 Å². The van der Waals surface area contributed by atoms with E-state index in [-0.39, 0.29) is 12.6 Å². The van der Waals surface area contributed by atoms with Gasteiger partial charge >= 0.3 is 5.97 Å². The van der Waals surface area contributed by atoms with Crippen LogP contribution in [0.4, 0.5) is 0 Å². The molecule has 0 amide bonds. The first-order valence-corrected chi connectivity index (χ1v) is 11.6. The minimum absolute atomic E-state index is 0.0794. The zero-order valence-corrected chi connectivity index (χ0v) is 19.9. The van der Waals surface area contributed by atoms with E-state index in [2.05, 4.69) is 48.0 Å². The Bertz CT molecular complexity index is 805. The number of hydrogen-bond donors (Lipinski definition) is 0. The van der Waals surface area contributed by atoms with E-state index in [0.717, 1.165) is 45.0 Å². The predicted molar refractivity (Wildman–Crippen MR) is 121 cm³/mol. The Morgan fingerprint density at radius 2 is 1.79 bits per heavy atom. The van der Waals surface area contributed by atoms with Gasteiger partial charge in [0, 0.05) is 14.3 Å². The van der Waals surface area contributed by atoms with Crippen molar-refractivity contribution in [1.29, 1.82) is 0 Å². The summed E-state index contributed by atoms with van der Waals surface area (Å²) in [6, 6.07) is 12.1. The molecule has 0 atom stereocenters. The highest BCUT2D eigenvalue weighted by molar-refractivity contribution is 9.10. The fourth-order valence-electron chi connectivity index (χ4n) is 2.74. The van der Waals surface area contributed by atoms with Crippen molar-refractivity contribution in [3.05, 3.63) is 46.4 Å². The number of rotatable bonds is 11.